The molecule has 162 valence electrons. The van der Waals surface area contributed by atoms with Crippen molar-refractivity contribution in [2.75, 3.05) is 0 Å². The van der Waals surface area contributed by atoms with E-state index in [1.165, 1.54) is 43.9 Å². The van der Waals surface area contributed by atoms with Gasteiger partial charge >= 0.3 is 0 Å². The molecule has 0 N–H and O–H groups in total. The summed E-state index contributed by atoms with van der Waals surface area (Å²) in [6, 6.07) is 22.6. The lowest BCUT2D eigenvalue weighted by molar-refractivity contribution is -0.122. The molecule has 0 radical (unpaired) electrons. The Morgan fingerprint density at radius 3 is 2.41 bits per heavy atom. The highest BCUT2D eigenvalue weighted by molar-refractivity contribution is 8.18. The van der Waals surface area contributed by atoms with Crippen LogP contribution in [0.15, 0.2) is 89.0 Å². The first-order chi connectivity index (χ1) is 15.8. The minimum atomic E-state index is 0.0129. The van der Waals surface area contributed by atoms with Crippen molar-refractivity contribution in [3.63, 3.8) is 0 Å². The maximum Gasteiger partial charge on any atom is 0.267 e. The molecule has 3 aromatic rings. The monoisotopic (exact) mass is 441 g/mol. The Balaban J connectivity index is 1.42. The van der Waals surface area contributed by atoms with E-state index in [0.29, 0.717) is 12.6 Å². The Morgan fingerprint density at radius 1 is 0.938 bits per heavy atom. The number of benzene rings is 2. The van der Waals surface area contributed by atoms with Gasteiger partial charge in [0.2, 0.25) is 0 Å². The predicted molar refractivity (Wildman–Crippen MR) is 133 cm³/mol. The van der Waals surface area contributed by atoms with Crippen LogP contribution in [0.1, 0.15) is 49.3 Å². The van der Waals surface area contributed by atoms with E-state index in [1.807, 2.05) is 66.7 Å². The quantitative estimate of drug-likeness (QED) is 0.409. The number of aliphatic imine (C=N–C) groups is 1. The molecule has 2 heterocycles. The van der Waals surface area contributed by atoms with Crippen LogP contribution in [0, 0.1) is 0 Å². The minimum Gasteiger partial charge on any atom is -0.351 e. The molecule has 2 fully saturated rings. The van der Waals surface area contributed by atoms with Crippen LogP contribution in [0.4, 0.5) is 5.69 Å². The molecule has 1 saturated carbocycles. The van der Waals surface area contributed by atoms with E-state index in [9.17, 15) is 4.79 Å². The summed E-state index contributed by atoms with van der Waals surface area (Å²) in [7, 11) is 0. The topological polar surface area (TPSA) is 37.6 Å². The Morgan fingerprint density at radius 2 is 1.66 bits per heavy atom. The van der Waals surface area contributed by atoms with Gasteiger partial charge in [-0.1, -0.05) is 67.8 Å². The largest absolute Gasteiger partial charge is 0.351 e. The molecule has 1 aliphatic carbocycles. The summed E-state index contributed by atoms with van der Waals surface area (Å²) in [6.07, 6.45) is 12.8. The molecule has 0 spiro atoms. The molecule has 1 amide bonds. The number of carbonyl (C=O) groups excluding carboxylic acids is 1. The van der Waals surface area contributed by atoms with E-state index in [2.05, 4.69) is 23.0 Å². The smallest absolute Gasteiger partial charge is 0.267 e. The molecular weight excluding hydrogens is 414 g/mol. The number of amides is 1. The highest BCUT2D eigenvalue weighted by Crippen LogP contribution is 2.36. The van der Waals surface area contributed by atoms with Crippen molar-refractivity contribution >= 4 is 34.6 Å². The summed E-state index contributed by atoms with van der Waals surface area (Å²) in [6.45, 7) is 0.513. The number of carbonyl (C=O) groups is 1. The van der Waals surface area contributed by atoms with Gasteiger partial charge in [-0.2, -0.15) is 0 Å². The summed E-state index contributed by atoms with van der Waals surface area (Å²) in [5, 5.41) is 0.725. The fraction of sp³-hybridized carbons (Fsp3) is 0.259. The van der Waals surface area contributed by atoms with Gasteiger partial charge in [0.25, 0.3) is 5.91 Å². The maximum atomic E-state index is 13.4. The second-order valence-corrected chi connectivity index (χ2v) is 9.41. The van der Waals surface area contributed by atoms with E-state index < -0.39 is 0 Å². The molecule has 2 aliphatic rings. The summed E-state index contributed by atoms with van der Waals surface area (Å²) in [4.78, 5) is 20.7. The number of aromatic nitrogens is 1. The van der Waals surface area contributed by atoms with Crippen molar-refractivity contribution in [3.8, 4) is 0 Å². The summed E-state index contributed by atoms with van der Waals surface area (Å²) < 4.78 is 2.33. The molecule has 0 bridgehead atoms. The second kappa shape index (κ2) is 9.61. The lowest BCUT2D eigenvalue weighted by Crippen LogP contribution is -2.28. The van der Waals surface area contributed by atoms with Crippen LogP contribution in [-0.4, -0.2) is 20.5 Å². The zero-order valence-electron chi connectivity index (χ0n) is 18.1. The Hall–Kier alpha value is -3.05. The fourth-order valence-electron chi connectivity index (χ4n) is 4.38. The number of para-hydroxylation sites is 1. The van der Waals surface area contributed by atoms with E-state index in [1.54, 1.807) is 4.90 Å². The van der Waals surface area contributed by atoms with Crippen molar-refractivity contribution < 1.29 is 4.79 Å². The minimum absolute atomic E-state index is 0.0129. The Bertz CT molecular complexity index is 1130. The number of hydrogen-bond acceptors (Lipinski definition) is 3. The van der Waals surface area contributed by atoms with Crippen LogP contribution in [0.25, 0.3) is 6.08 Å². The van der Waals surface area contributed by atoms with Crippen molar-refractivity contribution in [1.82, 2.24) is 9.47 Å². The first-order valence-electron chi connectivity index (χ1n) is 11.3. The van der Waals surface area contributed by atoms with Crippen LogP contribution in [0.5, 0.6) is 0 Å². The molecule has 1 aliphatic heterocycles. The third-order valence-corrected chi connectivity index (χ3v) is 7.09. The molecule has 5 rings (SSSR count). The van der Waals surface area contributed by atoms with Gasteiger partial charge < -0.3 is 4.57 Å². The van der Waals surface area contributed by atoms with Crippen molar-refractivity contribution in [2.45, 2.75) is 44.7 Å². The summed E-state index contributed by atoms with van der Waals surface area (Å²) >= 11 is 1.46. The highest BCUT2D eigenvalue weighted by Gasteiger charge is 2.33. The van der Waals surface area contributed by atoms with Crippen molar-refractivity contribution in [2.24, 2.45) is 4.99 Å². The van der Waals surface area contributed by atoms with Gasteiger partial charge in [-0.25, -0.2) is 4.99 Å². The van der Waals surface area contributed by atoms with Gasteiger partial charge in [-0.3, -0.25) is 9.69 Å². The van der Waals surface area contributed by atoms with Gasteiger partial charge in [0, 0.05) is 18.4 Å². The highest BCUT2D eigenvalue weighted by atomic mass is 32.2. The van der Waals surface area contributed by atoms with Gasteiger partial charge in [0.1, 0.15) is 0 Å². The number of thioether (sulfide) groups is 1. The Labute approximate surface area is 193 Å². The SMILES string of the molecule is O=C1/C(=C\c2ccn(C3CCCCC3)c2)SC(=Nc2ccccc2)N1Cc1ccccc1. The predicted octanol–water partition coefficient (Wildman–Crippen LogP) is 6.80. The van der Waals surface area contributed by atoms with Crippen molar-refractivity contribution in [3.05, 3.63) is 95.2 Å². The van der Waals surface area contributed by atoms with E-state index in [4.69, 9.17) is 4.99 Å². The number of nitrogens with zero attached hydrogens (tertiary/aromatic N) is 3. The molecule has 0 atom stereocenters. The van der Waals surface area contributed by atoms with Crippen LogP contribution in [0.2, 0.25) is 0 Å². The van der Waals surface area contributed by atoms with Crippen LogP contribution < -0.4 is 0 Å². The third-order valence-electron chi connectivity index (χ3n) is 6.08. The van der Waals surface area contributed by atoms with Gasteiger partial charge in [0.15, 0.2) is 5.17 Å². The lowest BCUT2D eigenvalue weighted by Gasteiger charge is -2.23. The molecule has 2 aromatic carbocycles. The lowest BCUT2D eigenvalue weighted by atomic mass is 9.95. The number of rotatable bonds is 5. The maximum absolute atomic E-state index is 13.4. The van der Waals surface area contributed by atoms with Gasteiger partial charge in [-0.15, -0.1) is 0 Å². The zero-order chi connectivity index (χ0) is 21.8. The van der Waals surface area contributed by atoms with Crippen LogP contribution in [-0.2, 0) is 11.3 Å². The summed E-state index contributed by atoms with van der Waals surface area (Å²) in [5.41, 5.74) is 3.02. The van der Waals surface area contributed by atoms with Gasteiger partial charge in [-0.05, 0) is 60.0 Å². The van der Waals surface area contributed by atoms with Crippen molar-refractivity contribution in [1.29, 1.82) is 0 Å². The molecule has 4 nitrogen and oxygen atoms in total. The van der Waals surface area contributed by atoms with Crippen LogP contribution in [0.3, 0.4) is 0 Å². The summed E-state index contributed by atoms with van der Waals surface area (Å²) in [5.74, 6) is 0.0129. The third kappa shape index (κ3) is 4.73. The van der Waals surface area contributed by atoms with Gasteiger partial charge in [0.05, 0.1) is 17.1 Å². The number of amidine groups is 1. The van der Waals surface area contributed by atoms with E-state index in [0.717, 1.165) is 26.9 Å². The average Bonchev–Trinajstić information content (AvgIpc) is 3.42. The first-order valence-corrected chi connectivity index (χ1v) is 12.1. The number of hydrogen-bond donors (Lipinski definition) is 0. The fourth-order valence-corrected chi connectivity index (χ4v) is 5.38. The van der Waals surface area contributed by atoms with E-state index in [-0.39, 0.29) is 5.91 Å². The molecule has 5 heteroatoms. The first kappa shape index (κ1) is 20.8. The van der Waals surface area contributed by atoms with Crippen LogP contribution >= 0.6 is 11.8 Å². The molecular formula is C27H27N3OS. The van der Waals surface area contributed by atoms with E-state index >= 15 is 0 Å². The zero-order valence-corrected chi connectivity index (χ0v) is 18.9. The average molecular weight is 442 g/mol. The Kier molecular flexibility index (Phi) is 6.26. The molecule has 1 aromatic heterocycles. The molecule has 0 unspecified atom stereocenters. The second-order valence-electron chi connectivity index (χ2n) is 8.40. The molecule has 1 saturated heterocycles. The normalized spacial score (nSPS) is 19.9. The molecule has 32 heavy (non-hydrogen) atoms. The standard InChI is InChI=1S/C27H27N3OS/c31-26-25(18-22-16-17-29(19-22)24-14-8-3-9-15-24)32-27(28-23-12-6-2-7-13-23)30(26)20-21-10-4-1-5-11-21/h1-2,4-7,10-13,16-19,24H,3,8-9,14-15,20H2/b25-18+,28-27?.